The second-order valence-electron chi connectivity index (χ2n) is 14.0. The Labute approximate surface area is 322 Å². The second-order valence-corrected chi connectivity index (χ2v) is 14.0. The third kappa shape index (κ3) is 5.37. The van der Waals surface area contributed by atoms with Crippen LogP contribution in [-0.2, 0) is 0 Å². The van der Waals surface area contributed by atoms with Gasteiger partial charge in [-0.15, -0.1) is 0 Å². The standard InChI is InChI=1S/C51H32N4O/c1-3-14-33(15-4-1)35-18-11-20-37(30-35)49-52-50(38-21-12-19-36(31-38)34-16-5-2-6-17-34)54-51(53-49)39-28-29-42-47(32-39)56-46-27-13-26-45(48(42)46)55-43-24-9-7-22-40(43)41-23-8-10-25-44(41)55/h1-32H. The quantitative estimate of drug-likeness (QED) is 0.172. The monoisotopic (exact) mass is 716 g/mol. The fourth-order valence-corrected chi connectivity index (χ4v) is 8.01. The van der Waals surface area contributed by atoms with Crippen molar-refractivity contribution in [2.24, 2.45) is 0 Å². The first-order chi connectivity index (χ1) is 27.7. The van der Waals surface area contributed by atoms with Crippen LogP contribution in [-0.4, -0.2) is 19.5 Å². The Morgan fingerprint density at radius 2 is 0.786 bits per heavy atom. The molecule has 0 aliphatic rings. The highest BCUT2D eigenvalue weighted by atomic mass is 16.3. The number of benzene rings is 8. The van der Waals surface area contributed by atoms with E-state index in [0.717, 1.165) is 77.6 Å². The van der Waals surface area contributed by atoms with E-state index in [1.807, 2.05) is 18.2 Å². The van der Waals surface area contributed by atoms with Crippen molar-refractivity contribution in [1.82, 2.24) is 19.5 Å². The van der Waals surface area contributed by atoms with E-state index in [2.05, 4.69) is 180 Å². The molecule has 0 spiro atoms. The molecule has 5 heteroatoms. The number of para-hydroxylation sites is 2. The molecule has 5 nitrogen and oxygen atoms in total. The molecule has 11 aromatic rings. The van der Waals surface area contributed by atoms with Crippen LogP contribution in [0.15, 0.2) is 199 Å². The largest absolute Gasteiger partial charge is 0.456 e. The maximum atomic E-state index is 6.65. The minimum atomic E-state index is 0.574. The Morgan fingerprint density at radius 3 is 1.36 bits per heavy atom. The highest BCUT2D eigenvalue weighted by Gasteiger charge is 2.19. The van der Waals surface area contributed by atoms with Gasteiger partial charge in [0.2, 0.25) is 0 Å². The lowest BCUT2D eigenvalue weighted by Crippen LogP contribution is -2.00. The molecule has 3 aromatic heterocycles. The number of hydrogen-bond donors (Lipinski definition) is 0. The normalized spacial score (nSPS) is 11.6. The third-order valence-corrected chi connectivity index (χ3v) is 10.6. The van der Waals surface area contributed by atoms with Gasteiger partial charge in [-0.25, -0.2) is 15.0 Å². The van der Waals surface area contributed by atoms with Gasteiger partial charge < -0.3 is 8.98 Å². The van der Waals surface area contributed by atoms with Gasteiger partial charge in [0.1, 0.15) is 11.2 Å². The summed E-state index contributed by atoms with van der Waals surface area (Å²) < 4.78 is 9.01. The second kappa shape index (κ2) is 13.0. The van der Waals surface area contributed by atoms with Crippen molar-refractivity contribution in [3.8, 4) is 62.1 Å². The van der Waals surface area contributed by atoms with Gasteiger partial charge in [0, 0.05) is 32.8 Å². The summed E-state index contributed by atoms with van der Waals surface area (Å²) in [5, 5.41) is 4.54. The van der Waals surface area contributed by atoms with Gasteiger partial charge in [0.25, 0.3) is 0 Å². The summed E-state index contributed by atoms with van der Waals surface area (Å²) in [5.41, 5.74) is 12.1. The van der Waals surface area contributed by atoms with Gasteiger partial charge in [0.05, 0.1) is 22.1 Å². The molecule has 0 aliphatic heterocycles. The number of nitrogens with zero attached hydrogens (tertiary/aromatic N) is 4. The van der Waals surface area contributed by atoms with E-state index in [0.29, 0.717) is 17.5 Å². The van der Waals surface area contributed by atoms with Crippen molar-refractivity contribution >= 4 is 43.7 Å². The van der Waals surface area contributed by atoms with Crippen LogP contribution in [0.5, 0.6) is 0 Å². The maximum absolute atomic E-state index is 6.65. The minimum absolute atomic E-state index is 0.574. The molecule has 0 N–H and O–H groups in total. The van der Waals surface area contributed by atoms with E-state index in [4.69, 9.17) is 19.4 Å². The van der Waals surface area contributed by atoms with E-state index in [1.165, 1.54) is 10.8 Å². The Hall–Kier alpha value is -7.63. The molecule has 8 aromatic carbocycles. The van der Waals surface area contributed by atoms with Crippen molar-refractivity contribution in [1.29, 1.82) is 0 Å². The summed E-state index contributed by atoms with van der Waals surface area (Å²) in [6.07, 6.45) is 0. The van der Waals surface area contributed by atoms with Crippen molar-refractivity contribution < 1.29 is 4.42 Å². The molecular formula is C51H32N4O. The molecule has 0 fully saturated rings. The first-order valence-corrected chi connectivity index (χ1v) is 18.8. The zero-order chi connectivity index (χ0) is 37.0. The number of rotatable bonds is 6. The summed E-state index contributed by atoms with van der Waals surface area (Å²) in [6, 6.07) is 67.3. The first-order valence-electron chi connectivity index (χ1n) is 18.8. The number of fused-ring (bicyclic) bond motifs is 6. The molecule has 0 atom stereocenters. The lowest BCUT2D eigenvalue weighted by Gasteiger charge is -2.11. The molecule has 0 aliphatic carbocycles. The molecule has 0 radical (unpaired) electrons. The predicted octanol–water partition coefficient (Wildman–Crippen LogP) is 13.2. The molecule has 0 unspecified atom stereocenters. The molecular weight excluding hydrogens is 685 g/mol. The van der Waals surface area contributed by atoms with Crippen molar-refractivity contribution in [2.75, 3.05) is 0 Å². The van der Waals surface area contributed by atoms with Crippen LogP contribution in [0.3, 0.4) is 0 Å². The summed E-state index contributed by atoms with van der Waals surface area (Å²) >= 11 is 0. The van der Waals surface area contributed by atoms with Crippen LogP contribution in [0.25, 0.3) is 106 Å². The number of aromatic nitrogens is 4. The van der Waals surface area contributed by atoms with Crippen LogP contribution in [0.1, 0.15) is 0 Å². The van der Waals surface area contributed by atoms with Gasteiger partial charge in [0.15, 0.2) is 17.5 Å². The molecule has 0 saturated heterocycles. The molecule has 11 rings (SSSR count). The fourth-order valence-electron chi connectivity index (χ4n) is 8.01. The van der Waals surface area contributed by atoms with Crippen molar-refractivity contribution in [3.63, 3.8) is 0 Å². The van der Waals surface area contributed by atoms with Gasteiger partial charge in [-0.1, -0.05) is 146 Å². The highest BCUT2D eigenvalue weighted by molar-refractivity contribution is 6.14. The lowest BCUT2D eigenvalue weighted by molar-refractivity contribution is 0.669. The Kier molecular flexibility index (Phi) is 7.42. The van der Waals surface area contributed by atoms with Crippen LogP contribution in [0.2, 0.25) is 0 Å². The average Bonchev–Trinajstić information content (AvgIpc) is 3.83. The van der Waals surface area contributed by atoms with E-state index in [9.17, 15) is 0 Å². The van der Waals surface area contributed by atoms with Crippen molar-refractivity contribution in [2.45, 2.75) is 0 Å². The smallest absolute Gasteiger partial charge is 0.164 e. The third-order valence-electron chi connectivity index (χ3n) is 10.6. The highest BCUT2D eigenvalue weighted by Crippen LogP contribution is 2.40. The SMILES string of the molecule is c1ccc(-c2cccc(-c3nc(-c4cccc(-c5ccccc5)c4)nc(-c4ccc5c(c4)oc4cccc(-n6c7ccccc7c7ccccc76)c45)n3)c2)cc1. The van der Waals surface area contributed by atoms with Crippen LogP contribution in [0.4, 0.5) is 0 Å². The minimum Gasteiger partial charge on any atom is -0.456 e. The predicted molar refractivity (Wildman–Crippen MR) is 229 cm³/mol. The maximum Gasteiger partial charge on any atom is 0.164 e. The topological polar surface area (TPSA) is 56.7 Å². The zero-order valence-corrected chi connectivity index (χ0v) is 30.2. The summed E-state index contributed by atoms with van der Waals surface area (Å²) in [6.45, 7) is 0. The van der Waals surface area contributed by atoms with E-state index < -0.39 is 0 Å². The molecule has 0 saturated carbocycles. The van der Waals surface area contributed by atoms with E-state index in [-0.39, 0.29) is 0 Å². The average molecular weight is 717 g/mol. The van der Waals surface area contributed by atoms with Gasteiger partial charge in [-0.2, -0.15) is 0 Å². The van der Waals surface area contributed by atoms with Crippen LogP contribution in [0, 0.1) is 0 Å². The van der Waals surface area contributed by atoms with Crippen LogP contribution < -0.4 is 0 Å². The number of furan rings is 1. The van der Waals surface area contributed by atoms with Crippen molar-refractivity contribution in [3.05, 3.63) is 194 Å². The molecule has 0 amide bonds. The van der Waals surface area contributed by atoms with Gasteiger partial charge >= 0.3 is 0 Å². The van der Waals surface area contributed by atoms with Gasteiger partial charge in [-0.05, 0) is 70.8 Å². The molecule has 262 valence electrons. The molecule has 3 heterocycles. The Bertz CT molecular complexity index is 3100. The zero-order valence-electron chi connectivity index (χ0n) is 30.2. The Balaban J connectivity index is 1.09. The molecule has 56 heavy (non-hydrogen) atoms. The Morgan fingerprint density at radius 1 is 0.321 bits per heavy atom. The van der Waals surface area contributed by atoms with Crippen LogP contribution >= 0.6 is 0 Å². The summed E-state index contributed by atoms with van der Waals surface area (Å²) in [4.78, 5) is 15.4. The van der Waals surface area contributed by atoms with E-state index in [1.54, 1.807) is 0 Å². The summed E-state index contributed by atoms with van der Waals surface area (Å²) in [5.74, 6) is 1.78. The van der Waals surface area contributed by atoms with Gasteiger partial charge in [-0.3, -0.25) is 0 Å². The first kappa shape index (κ1) is 31.9. The number of hydrogen-bond acceptors (Lipinski definition) is 4. The fraction of sp³-hybridized carbons (Fsp3) is 0. The lowest BCUT2D eigenvalue weighted by atomic mass is 10.0. The molecule has 0 bridgehead atoms. The van der Waals surface area contributed by atoms with E-state index >= 15 is 0 Å². The summed E-state index contributed by atoms with van der Waals surface area (Å²) in [7, 11) is 0.